The van der Waals surface area contributed by atoms with Gasteiger partial charge in [0, 0.05) is 12.6 Å². The van der Waals surface area contributed by atoms with E-state index < -0.39 is 0 Å². The fourth-order valence-electron chi connectivity index (χ4n) is 2.47. The van der Waals surface area contributed by atoms with Crippen molar-refractivity contribution in [2.24, 2.45) is 0 Å². The van der Waals surface area contributed by atoms with Crippen LogP contribution in [-0.4, -0.2) is 13.2 Å². The standard InChI is InChI=1S/C18H20ClNO/c1-12-3-4-13(11-20-15-6-7-15)9-16(12)14-5-8-18(21-2)17(19)10-14/h3-5,8-10,15,20H,6-7,11H2,1-2H3. The largest absolute Gasteiger partial charge is 0.495 e. The summed E-state index contributed by atoms with van der Waals surface area (Å²) in [5.74, 6) is 0.713. The zero-order valence-electron chi connectivity index (χ0n) is 12.4. The van der Waals surface area contributed by atoms with Crippen LogP contribution in [0.4, 0.5) is 0 Å². The molecule has 0 unspecified atom stereocenters. The maximum absolute atomic E-state index is 6.25. The molecule has 1 aliphatic rings. The van der Waals surface area contributed by atoms with E-state index in [2.05, 4.69) is 36.5 Å². The molecule has 0 spiro atoms. The van der Waals surface area contributed by atoms with Gasteiger partial charge in [-0.1, -0.05) is 29.8 Å². The molecule has 0 atom stereocenters. The minimum atomic E-state index is 0.649. The van der Waals surface area contributed by atoms with E-state index in [1.54, 1.807) is 7.11 Å². The van der Waals surface area contributed by atoms with Crippen LogP contribution in [0.3, 0.4) is 0 Å². The summed E-state index contributed by atoms with van der Waals surface area (Å²) < 4.78 is 5.22. The Morgan fingerprint density at radius 3 is 2.67 bits per heavy atom. The Hall–Kier alpha value is -1.51. The van der Waals surface area contributed by atoms with Crippen molar-refractivity contribution in [3.63, 3.8) is 0 Å². The van der Waals surface area contributed by atoms with Gasteiger partial charge in [-0.2, -0.15) is 0 Å². The minimum absolute atomic E-state index is 0.649. The molecular weight excluding hydrogens is 282 g/mol. The van der Waals surface area contributed by atoms with Crippen molar-refractivity contribution in [1.82, 2.24) is 5.32 Å². The third-order valence-corrected chi connectivity index (χ3v) is 4.23. The van der Waals surface area contributed by atoms with E-state index in [-0.39, 0.29) is 0 Å². The SMILES string of the molecule is COc1ccc(-c2cc(CNC3CC3)ccc2C)cc1Cl. The smallest absolute Gasteiger partial charge is 0.137 e. The number of methoxy groups -OCH3 is 1. The summed E-state index contributed by atoms with van der Waals surface area (Å²) in [6.07, 6.45) is 2.62. The second kappa shape index (κ2) is 6.08. The van der Waals surface area contributed by atoms with Gasteiger partial charge in [-0.15, -0.1) is 0 Å². The quantitative estimate of drug-likeness (QED) is 0.873. The molecule has 0 aliphatic heterocycles. The number of nitrogens with one attached hydrogen (secondary N) is 1. The van der Waals surface area contributed by atoms with Crippen LogP contribution in [0.2, 0.25) is 5.02 Å². The molecule has 2 aromatic rings. The molecule has 1 aliphatic carbocycles. The fourth-order valence-corrected chi connectivity index (χ4v) is 2.73. The first kappa shape index (κ1) is 14.4. The lowest BCUT2D eigenvalue weighted by atomic mass is 9.98. The van der Waals surface area contributed by atoms with E-state index >= 15 is 0 Å². The Morgan fingerprint density at radius 1 is 1.19 bits per heavy atom. The van der Waals surface area contributed by atoms with Gasteiger partial charge in [-0.3, -0.25) is 0 Å². The third-order valence-electron chi connectivity index (χ3n) is 3.94. The molecule has 21 heavy (non-hydrogen) atoms. The summed E-state index contributed by atoms with van der Waals surface area (Å²) in [5, 5.41) is 4.20. The Kier molecular flexibility index (Phi) is 4.18. The highest BCUT2D eigenvalue weighted by molar-refractivity contribution is 6.32. The van der Waals surface area contributed by atoms with Crippen LogP contribution in [0.25, 0.3) is 11.1 Å². The fraction of sp³-hybridized carbons (Fsp3) is 0.333. The van der Waals surface area contributed by atoms with Gasteiger partial charge in [-0.05, 0) is 60.2 Å². The lowest BCUT2D eigenvalue weighted by Crippen LogP contribution is -2.15. The molecule has 110 valence electrons. The van der Waals surface area contributed by atoms with E-state index in [0.29, 0.717) is 10.8 Å². The maximum atomic E-state index is 6.25. The Morgan fingerprint density at radius 2 is 2.00 bits per heavy atom. The highest BCUT2D eigenvalue weighted by atomic mass is 35.5. The van der Waals surface area contributed by atoms with Crippen molar-refractivity contribution in [2.75, 3.05) is 7.11 Å². The number of ether oxygens (including phenoxy) is 1. The van der Waals surface area contributed by atoms with E-state index in [4.69, 9.17) is 16.3 Å². The van der Waals surface area contributed by atoms with Gasteiger partial charge >= 0.3 is 0 Å². The lowest BCUT2D eigenvalue weighted by molar-refractivity contribution is 0.415. The molecule has 0 amide bonds. The first-order valence-electron chi connectivity index (χ1n) is 7.34. The molecule has 2 aromatic carbocycles. The molecule has 0 bridgehead atoms. The van der Waals surface area contributed by atoms with Gasteiger partial charge in [-0.25, -0.2) is 0 Å². The Labute approximate surface area is 131 Å². The summed E-state index contributed by atoms with van der Waals surface area (Å²) in [4.78, 5) is 0. The molecular formula is C18H20ClNO. The zero-order chi connectivity index (χ0) is 14.8. The van der Waals surface area contributed by atoms with E-state index in [1.807, 2.05) is 12.1 Å². The van der Waals surface area contributed by atoms with Gasteiger partial charge in [0.2, 0.25) is 0 Å². The molecule has 3 heteroatoms. The predicted molar refractivity (Wildman–Crippen MR) is 88.0 cm³/mol. The number of hydrogen-bond acceptors (Lipinski definition) is 2. The average Bonchev–Trinajstić information content (AvgIpc) is 3.30. The molecule has 0 radical (unpaired) electrons. The predicted octanol–water partition coefficient (Wildman–Crippen LogP) is 4.58. The van der Waals surface area contributed by atoms with Gasteiger partial charge in [0.1, 0.15) is 5.75 Å². The second-order valence-electron chi connectivity index (χ2n) is 5.65. The number of rotatable bonds is 5. The van der Waals surface area contributed by atoms with Gasteiger partial charge < -0.3 is 10.1 Å². The molecule has 2 nitrogen and oxygen atoms in total. The van der Waals surface area contributed by atoms with Crippen molar-refractivity contribution in [1.29, 1.82) is 0 Å². The third kappa shape index (κ3) is 3.39. The zero-order valence-corrected chi connectivity index (χ0v) is 13.2. The summed E-state index contributed by atoms with van der Waals surface area (Å²) in [7, 11) is 1.64. The van der Waals surface area contributed by atoms with Crippen LogP contribution < -0.4 is 10.1 Å². The summed E-state index contributed by atoms with van der Waals surface area (Å²) >= 11 is 6.25. The summed E-state index contributed by atoms with van der Waals surface area (Å²) in [6, 6.07) is 13.3. The first-order valence-corrected chi connectivity index (χ1v) is 7.72. The average molecular weight is 302 g/mol. The van der Waals surface area contributed by atoms with Crippen molar-refractivity contribution in [3.05, 3.63) is 52.5 Å². The molecule has 0 saturated heterocycles. The van der Waals surface area contributed by atoms with Gasteiger partial charge in [0.05, 0.1) is 12.1 Å². The van der Waals surface area contributed by atoms with E-state index in [9.17, 15) is 0 Å². The van der Waals surface area contributed by atoms with Crippen molar-refractivity contribution in [3.8, 4) is 16.9 Å². The molecule has 3 rings (SSSR count). The van der Waals surface area contributed by atoms with Crippen LogP contribution in [0, 0.1) is 6.92 Å². The summed E-state index contributed by atoms with van der Waals surface area (Å²) in [5.41, 5.74) is 4.93. The van der Waals surface area contributed by atoms with Crippen LogP contribution in [0.15, 0.2) is 36.4 Å². The molecule has 1 N–H and O–H groups in total. The highest BCUT2D eigenvalue weighted by Crippen LogP contribution is 2.32. The second-order valence-corrected chi connectivity index (χ2v) is 6.06. The monoisotopic (exact) mass is 301 g/mol. The maximum Gasteiger partial charge on any atom is 0.137 e. The number of benzene rings is 2. The van der Waals surface area contributed by atoms with E-state index in [1.165, 1.54) is 29.5 Å². The Balaban J connectivity index is 1.88. The molecule has 0 heterocycles. The topological polar surface area (TPSA) is 21.3 Å². The normalized spacial score (nSPS) is 14.2. The number of hydrogen-bond donors (Lipinski definition) is 1. The minimum Gasteiger partial charge on any atom is -0.495 e. The van der Waals surface area contributed by atoms with Crippen LogP contribution in [0.1, 0.15) is 24.0 Å². The van der Waals surface area contributed by atoms with Crippen LogP contribution >= 0.6 is 11.6 Å². The highest BCUT2D eigenvalue weighted by Gasteiger charge is 2.20. The van der Waals surface area contributed by atoms with Gasteiger partial charge in [0.15, 0.2) is 0 Å². The molecule has 0 aromatic heterocycles. The first-order chi connectivity index (χ1) is 10.2. The molecule has 1 fully saturated rings. The van der Waals surface area contributed by atoms with Gasteiger partial charge in [0.25, 0.3) is 0 Å². The van der Waals surface area contributed by atoms with Crippen molar-refractivity contribution in [2.45, 2.75) is 32.4 Å². The number of halogens is 1. The van der Waals surface area contributed by atoms with Crippen molar-refractivity contribution >= 4 is 11.6 Å². The van der Waals surface area contributed by atoms with Crippen molar-refractivity contribution < 1.29 is 4.74 Å². The van der Waals surface area contributed by atoms with Crippen LogP contribution in [-0.2, 0) is 6.54 Å². The van der Waals surface area contributed by atoms with E-state index in [0.717, 1.165) is 18.2 Å². The Bertz CT molecular complexity index is 650. The molecule has 1 saturated carbocycles. The lowest BCUT2D eigenvalue weighted by Gasteiger charge is -2.11. The summed E-state index contributed by atoms with van der Waals surface area (Å²) in [6.45, 7) is 3.06. The van der Waals surface area contributed by atoms with Crippen LogP contribution in [0.5, 0.6) is 5.75 Å². The number of aryl methyl sites for hydroxylation is 1.